The molecule has 4 heterocycles. The molecule has 1 saturated heterocycles. The summed E-state index contributed by atoms with van der Waals surface area (Å²) in [5.74, 6) is -3.24. The van der Waals surface area contributed by atoms with Crippen LogP contribution in [0.25, 0.3) is 0 Å². The van der Waals surface area contributed by atoms with Gasteiger partial charge < -0.3 is 19.5 Å². The number of carbonyl (C=O) groups excluding carboxylic acids is 2. The molecular weight excluding hydrogens is 524 g/mol. The number of carbonyl (C=O) groups is 2. The molecule has 1 spiro atoms. The third-order valence-corrected chi connectivity index (χ3v) is 8.03. The minimum atomic E-state index is -1.16. The van der Waals surface area contributed by atoms with Crippen LogP contribution in [-0.2, 0) is 14.3 Å². The lowest BCUT2D eigenvalue weighted by molar-refractivity contribution is -0.172. The first-order valence-corrected chi connectivity index (χ1v) is 12.8. The van der Waals surface area contributed by atoms with Gasteiger partial charge in [0, 0.05) is 61.2 Å². The van der Waals surface area contributed by atoms with Gasteiger partial charge in [0.25, 0.3) is 5.91 Å². The van der Waals surface area contributed by atoms with Crippen LogP contribution in [0, 0.1) is 18.6 Å². The zero-order valence-electron chi connectivity index (χ0n) is 21.9. The predicted molar refractivity (Wildman–Crippen MR) is 136 cm³/mol. The van der Waals surface area contributed by atoms with Gasteiger partial charge in [-0.2, -0.15) is 9.40 Å². The smallest absolute Gasteiger partial charge is 0.277 e. The van der Waals surface area contributed by atoms with Gasteiger partial charge >= 0.3 is 0 Å². The highest BCUT2D eigenvalue weighted by atomic mass is 19.2. The number of amides is 1. The molecule has 2 bridgehead atoms. The summed E-state index contributed by atoms with van der Waals surface area (Å²) in [5, 5.41) is 14.2. The zero-order valence-corrected chi connectivity index (χ0v) is 21.9. The van der Waals surface area contributed by atoms with E-state index < -0.39 is 29.1 Å². The van der Waals surface area contributed by atoms with E-state index in [2.05, 4.69) is 9.97 Å². The third-order valence-electron chi connectivity index (χ3n) is 8.03. The quantitative estimate of drug-likeness (QED) is 0.454. The van der Waals surface area contributed by atoms with Crippen LogP contribution in [0.1, 0.15) is 42.1 Å². The number of benzene rings is 1. The molecule has 10 nitrogen and oxygen atoms in total. The number of aliphatic hydroxyl groups is 1. The Morgan fingerprint density at radius 3 is 2.77 bits per heavy atom. The van der Waals surface area contributed by atoms with Crippen LogP contribution in [0.5, 0.6) is 5.75 Å². The van der Waals surface area contributed by atoms with Crippen molar-refractivity contribution in [2.24, 2.45) is 0 Å². The first-order valence-electron chi connectivity index (χ1n) is 12.8. The van der Waals surface area contributed by atoms with Crippen molar-refractivity contribution in [1.82, 2.24) is 24.9 Å². The SMILES string of the molecule is COC1CC2(/C=C/COc3c(ccc(F)c3F)C(c3cncnc3C)N3CN2C(=O)C2=C(O)CC(C=O)=CN23)C1. The Morgan fingerprint density at radius 1 is 1.25 bits per heavy atom. The molecule has 1 amide bonds. The second-order valence-corrected chi connectivity index (χ2v) is 10.3. The summed E-state index contributed by atoms with van der Waals surface area (Å²) < 4.78 is 41.3. The van der Waals surface area contributed by atoms with Gasteiger partial charge in [-0.05, 0) is 19.1 Å². The number of ether oxygens (including phenoxy) is 2. The molecule has 1 saturated carbocycles. The van der Waals surface area contributed by atoms with Crippen molar-refractivity contribution in [2.75, 3.05) is 20.4 Å². The van der Waals surface area contributed by atoms with E-state index in [9.17, 15) is 19.1 Å². The lowest BCUT2D eigenvalue weighted by atomic mass is 9.72. The number of aromatic nitrogens is 2. The van der Waals surface area contributed by atoms with E-state index in [1.54, 1.807) is 36.2 Å². The molecule has 1 aromatic carbocycles. The molecule has 2 aromatic rings. The second kappa shape index (κ2) is 9.79. The van der Waals surface area contributed by atoms with Crippen LogP contribution in [0.3, 0.4) is 0 Å². The normalized spacial score (nSPS) is 28.6. The Hall–Kier alpha value is -4.16. The maximum absolute atomic E-state index is 15.4. The largest absolute Gasteiger partial charge is 0.510 e. The van der Waals surface area contributed by atoms with Crippen molar-refractivity contribution in [3.8, 4) is 5.75 Å². The number of halogens is 2. The molecule has 2 unspecified atom stereocenters. The lowest BCUT2D eigenvalue weighted by Crippen LogP contribution is -2.68. The maximum atomic E-state index is 15.4. The van der Waals surface area contributed by atoms with Gasteiger partial charge in [-0.25, -0.2) is 14.4 Å². The van der Waals surface area contributed by atoms with E-state index >= 15 is 4.39 Å². The van der Waals surface area contributed by atoms with Gasteiger partial charge in [0.2, 0.25) is 5.82 Å². The molecule has 2 fully saturated rings. The molecule has 208 valence electrons. The van der Waals surface area contributed by atoms with Crippen molar-refractivity contribution >= 4 is 12.2 Å². The van der Waals surface area contributed by atoms with E-state index in [0.29, 0.717) is 30.4 Å². The topological polar surface area (TPSA) is 108 Å². The average molecular weight is 552 g/mol. The highest BCUT2D eigenvalue weighted by molar-refractivity contribution is 5.96. The van der Waals surface area contributed by atoms with Crippen LogP contribution in [0.15, 0.2) is 60.0 Å². The predicted octanol–water partition coefficient (Wildman–Crippen LogP) is 3.22. The zero-order chi connectivity index (χ0) is 28.2. The van der Waals surface area contributed by atoms with Crippen molar-refractivity contribution in [3.05, 3.63) is 88.5 Å². The molecule has 4 aliphatic rings. The highest BCUT2D eigenvalue weighted by Crippen LogP contribution is 2.48. The first kappa shape index (κ1) is 26.1. The fourth-order valence-corrected chi connectivity index (χ4v) is 5.94. The van der Waals surface area contributed by atoms with Crippen LogP contribution < -0.4 is 4.74 Å². The Balaban J connectivity index is 1.63. The number of hydrogen-bond donors (Lipinski definition) is 1. The first-order chi connectivity index (χ1) is 19.3. The van der Waals surface area contributed by atoms with Gasteiger partial charge in [0.05, 0.1) is 24.4 Å². The molecular formula is C28H27F2N5O5. The van der Waals surface area contributed by atoms with Crippen molar-refractivity contribution in [2.45, 2.75) is 43.9 Å². The lowest BCUT2D eigenvalue weighted by Gasteiger charge is -2.57. The summed E-state index contributed by atoms with van der Waals surface area (Å²) in [6.07, 6.45) is 9.27. The Kier molecular flexibility index (Phi) is 6.38. The number of aldehydes is 1. The standard InChI is InChI=1S/C28H27F2N5O5/c1-16-20(11-31-14-32-16)24-19-4-5-21(29)23(30)26(19)40-7-3-6-28(9-18(10-28)39-2)33-15-35(24)34-12-17(13-36)8-22(37)25(34)27(33)38/h3-6,11-14,18,24,37H,7-10,15H2,1-2H3/b6-3+. The Morgan fingerprint density at radius 2 is 2.05 bits per heavy atom. The van der Waals surface area contributed by atoms with E-state index in [1.807, 2.05) is 6.08 Å². The molecule has 1 aliphatic carbocycles. The molecule has 0 radical (unpaired) electrons. The van der Waals surface area contributed by atoms with Gasteiger partial charge in [-0.15, -0.1) is 0 Å². The summed E-state index contributed by atoms with van der Waals surface area (Å²) in [5.41, 5.74) is 0.745. The number of aliphatic hydroxyl groups excluding tert-OH is 1. The summed E-state index contributed by atoms with van der Waals surface area (Å²) in [4.78, 5) is 36.0. The van der Waals surface area contributed by atoms with Crippen LogP contribution in [0.4, 0.5) is 8.78 Å². The van der Waals surface area contributed by atoms with Crippen molar-refractivity contribution in [1.29, 1.82) is 0 Å². The van der Waals surface area contributed by atoms with Crippen LogP contribution in [0.2, 0.25) is 0 Å². The average Bonchev–Trinajstić information content (AvgIpc) is 2.94. The molecule has 2 atom stereocenters. The number of nitrogens with zero attached hydrogens (tertiary/aromatic N) is 5. The Labute approximate surface area is 228 Å². The number of methoxy groups -OCH3 is 1. The highest BCUT2D eigenvalue weighted by Gasteiger charge is 2.54. The van der Waals surface area contributed by atoms with Gasteiger partial charge in [0.1, 0.15) is 25.0 Å². The fraction of sp³-hybridized carbons (Fsp3) is 0.357. The van der Waals surface area contributed by atoms with Crippen molar-refractivity contribution in [3.63, 3.8) is 0 Å². The van der Waals surface area contributed by atoms with Gasteiger partial charge in [-0.3, -0.25) is 14.6 Å². The second-order valence-electron chi connectivity index (χ2n) is 10.3. The minimum Gasteiger partial charge on any atom is -0.510 e. The maximum Gasteiger partial charge on any atom is 0.277 e. The molecule has 40 heavy (non-hydrogen) atoms. The van der Waals surface area contributed by atoms with Crippen LogP contribution in [-0.4, -0.2) is 74.2 Å². The summed E-state index contributed by atoms with van der Waals surface area (Å²) in [6, 6.07) is 1.52. The van der Waals surface area contributed by atoms with E-state index in [0.717, 1.165) is 6.07 Å². The van der Waals surface area contributed by atoms with E-state index in [1.165, 1.54) is 23.6 Å². The third kappa shape index (κ3) is 3.97. The number of rotatable bonds is 3. The number of fused-ring (bicyclic) bond motifs is 6. The summed E-state index contributed by atoms with van der Waals surface area (Å²) in [6.45, 7) is 1.64. The molecule has 6 rings (SSSR count). The molecule has 12 heteroatoms. The fourth-order valence-electron chi connectivity index (χ4n) is 5.94. The Bertz CT molecular complexity index is 1490. The minimum absolute atomic E-state index is 0.0313. The van der Waals surface area contributed by atoms with E-state index in [-0.39, 0.29) is 54.1 Å². The van der Waals surface area contributed by atoms with Gasteiger partial charge in [-0.1, -0.05) is 12.1 Å². The number of allylic oxidation sites excluding steroid dienone is 1. The molecule has 3 aliphatic heterocycles. The number of aryl methyl sites for hydroxylation is 1. The van der Waals surface area contributed by atoms with Crippen LogP contribution >= 0.6 is 0 Å². The molecule has 1 aromatic heterocycles. The summed E-state index contributed by atoms with van der Waals surface area (Å²) in [7, 11) is 1.60. The van der Waals surface area contributed by atoms with Crippen molar-refractivity contribution < 1.29 is 33.0 Å². The number of hydrazine groups is 1. The summed E-state index contributed by atoms with van der Waals surface area (Å²) >= 11 is 0. The monoisotopic (exact) mass is 551 g/mol. The molecule has 1 N–H and O–H groups in total. The number of hydrogen-bond acceptors (Lipinski definition) is 9. The van der Waals surface area contributed by atoms with Gasteiger partial charge in [0.15, 0.2) is 17.3 Å². The van der Waals surface area contributed by atoms with E-state index in [4.69, 9.17) is 9.47 Å².